The van der Waals surface area contributed by atoms with Crippen LogP contribution in [0.4, 0.5) is 5.82 Å². The molecular weight excluding hydrogens is 332 g/mol. The molecule has 1 amide bonds. The van der Waals surface area contributed by atoms with Crippen LogP contribution in [0, 0.1) is 6.92 Å². The molecule has 0 atom stereocenters. The first-order chi connectivity index (χ1) is 11.1. The van der Waals surface area contributed by atoms with Crippen LogP contribution in [0.15, 0.2) is 40.1 Å². The van der Waals surface area contributed by atoms with Gasteiger partial charge in [-0.15, -0.1) is 11.3 Å². The van der Waals surface area contributed by atoms with Crippen molar-refractivity contribution in [3.05, 3.63) is 50.6 Å². The van der Waals surface area contributed by atoms with Crippen LogP contribution >= 0.6 is 22.7 Å². The molecule has 3 heterocycles. The van der Waals surface area contributed by atoms with Crippen molar-refractivity contribution >= 4 is 34.4 Å². The lowest BCUT2D eigenvalue weighted by atomic mass is 10.3. The van der Waals surface area contributed by atoms with Crippen molar-refractivity contribution in [2.45, 2.75) is 19.9 Å². The van der Waals surface area contributed by atoms with Crippen molar-refractivity contribution in [3.8, 4) is 10.6 Å². The number of carbonyl (C=O) groups is 1. The summed E-state index contributed by atoms with van der Waals surface area (Å²) in [5.74, 6) is 0.279. The van der Waals surface area contributed by atoms with Crippen molar-refractivity contribution in [1.29, 1.82) is 0 Å². The summed E-state index contributed by atoms with van der Waals surface area (Å²) in [6.07, 6.45) is 1.65. The molecule has 3 aromatic heterocycles. The minimum Gasteiger partial charge on any atom is -0.311 e. The number of amides is 1. The minimum atomic E-state index is -0.182. The smallest absolute Gasteiger partial charge is 0.307 e. The summed E-state index contributed by atoms with van der Waals surface area (Å²) < 4.78 is 1.60. The maximum atomic E-state index is 12.0. The van der Waals surface area contributed by atoms with Crippen molar-refractivity contribution in [2.24, 2.45) is 0 Å². The van der Waals surface area contributed by atoms with Gasteiger partial charge in [-0.3, -0.25) is 9.59 Å². The zero-order chi connectivity index (χ0) is 16.2. The lowest BCUT2D eigenvalue weighted by Crippen LogP contribution is -2.20. The second-order valence-electron chi connectivity index (χ2n) is 4.86. The van der Waals surface area contributed by atoms with Gasteiger partial charge in [0.25, 0.3) is 0 Å². The Kier molecular flexibility index (Phi) is 4.63. The number of hydrogen-bond donors (Lipinski definition) is 1. The molecule has 0 saturated heterocycles. The molecule has 3 aromatic rings. The number of nitrogens with one attached hydrogen (secondary N) is 1. The number of thiazole rings is 1. The van der Waals surface area contributed by atoms with Crippen molar-refractivity contribution in [2.75, 3.05) is 5.32 Å². The molecule has 0 unspecified atom stereocenters. The van der Waals surface area contributed by atoms with Gasteiger partial charge in [-0.25, -0.2) is 9.97 Å². The average Bonchev–Trinajstić information content (AvgIpc) is 3.17. The first-order valence-electron chi connectivity index (χ1n) is 6.94. The number of hydrogen-bond acceptors (Lipinski definition) is 6. The highest BCUT2D eigenvalue weighted by atomic mass is 32.1. The maximum Gasteiger partial charge on any atom is 0.307 e. The van der Waals surface area contributed by atoms with Crippen molar-refractivity contribution in [1.82, 2.24) is 14.5 Å². The van der Waals surface area contributed by atoms with E-state index in [0.717, 1.165) is 27.6 Å². The quantitative estimate of drug-likeness (QED) is 0.771. The number of carbonyl (C=O) groups excluding carboxylic acids is 1. The molecule has 6 nitrogen and oxygen atoms in total. The molecule has 23 heavy (non-hydrogen) atoms. The van der Waals surface area contributed by atoms with E-state index in [-0.39, 0.29) is 17.2 Å². The SMILES string of the molecule is Cc1csc(=O)n1CCC(=O)Nc1cc(-c2cccs2)ncn1. The van der Waals surface area contributed by atoms with E-state index in [0.29, 0.717) is 12.4 Å². The summed E-state index contributed by atoms with van der Waals surface area (Å²) in [4.78, 5) is 32.9. The molecule has 0 bridgehead atoms. The highest BCUT2D eigenvalue weighted by Gasteiger charge is 2.09. The van der Waals surface area contributed by atoms with Crippen LogP contribution in [0.3, 0.4) is 0 Å². The molecule has 0 saturated carbocycles. The summed E-state index contributed by atoms with van der Waals surface area (Å²) in [7, 11) is 0. The third-order valence-corrected chi connectivity index (χ3v) is 5.02. The number of nitrogens with zero attached hydrogens (tertiary/aromatic N) is 3. The zero-order valence-corrected chi connectivity index (χ0v) is 14.0. The van der Waals surface area contributed by atoms with E-state index in [2.05, 4.69) is 15.3 Å². The largest absolute Gasteiger partial charge is 0.311 e. The number of aromatic nitrogens is 3. The summed E-state index contributed by atoms with van der Waals surface area (Å²) in [6, 6.07) is 5.65. The molecule has 0 aliphatic rings. The first kappa shape index (κ1) is 15.6. The van der Waals surface area contributed by atoms with Gasteiger partial charge in [0.05, 0.1) is 10.6 Å². The molecule has 0 fully saturated rings. The van der Waals surface area contributed by atoms with Crippen LogP contribution in [0.2, 0.25) is 0 Å². The van der Waals surface area contributed by atoms with E-state index < -0.39 is 0 Å². The second-order valence-corrected chi connectivity index (χ2v) is 6.63. The first-order valence-corrected chi connectivity index (χ1v) is 8.70. The van der Waals surface area contributed by atoms with Crippen LogP contribution in [-0.2, 0) is 11.3 Å². The van der Waals surface area contributed by atoms with Crippen LogP contribution in [0.5, 0.6) is 0 Å². The Balaban J connectivity index is 1.64. The molecular formula is C15H14N4O2S2. The van der Waals surface area contributed by atoms with Gasteiger partial charge in [-0.05, 0) is 18.4 Å². The number of aryl methyl sites for hydroxylation is 1. The van der Waals surface area contributed by atoms with Gasteiger partial charge in [0, 0.05) is 30.1 Å². The van der Waals surface area contributed by atoms with Gasteiger partial charge < -0.3 is 9.88 Å². The summed E-state index contributed by atoms with van der Waals surface area (Å²) in [5, 5.41) is 6.51. The lowest BCUT2D eigenvalue weighted by molar-refractivity contribution is -0.116. The molecule has 0 radical (unpaired) electrons. The highest BCUT2D eigenvalue weighted by molar-refractivity contribution is 7.13. The van der Waals surface area contributed by atoms with Crippen LogP contribution in [-0.4, -0.2) is 20.4 Å². The fourth-order valence-corrected chi connectivity index (χ4v) is 3.53. The minimum absolute atomic E-state index is 0.0442. The predicted octanol–water partition coefficient (Wildman–Crippen LogP) is 2.77. The standard InChI is InChI=1S/C15H14N4O2S2/c1-10-8-23-15(21)19(10)5-4-14(20)18-13-7-11(16-9-17-13)12-3-2-6-22-12/h2-3,6-9H,4-5H2,1H3,(H,16,17,18,20). The van der Waals surface area contributed by atoms with Crippen molar-refractivity contribution in [3.63, 3.8) is 0 Å². The van der Waals surface area contributed by atoms with Gasteiger partial charge in [0.15, 0.2) is 0 Å². The molecule has 3 rings (SSSR count). The molecule has 0 aromatic carbocycles. The van der Waals surface area contributed by atoms with Gasteiger partial charge in [0.2, 0.25) is 5.91 Å². The summed E-state index contributed by atoms with van der Waals surface area (Å²) in [6.45, 7) is 2.22. The van der Waals surface area contributed by atoms with E-state index in [9.17, 15) is 9.59 Å². The Morgan fingerprint density at radius 2 is 2.22 bits per heavy atom. The topological polar surface area (TPSA) is 76.9 Å². The Labute approximate surface area is 140 Å². The highest BCUT2D eigenvalue weighted by Crippen LogP contribution is 2.23. The Hall–Kier alpha value is -2.32. The van der Waals surface area contributed by atoms with Gasteiger partial charge in [-0.1, -0.05) is 17.4 Å². The van der Waals surface area contributed by atoms with Gasteiger partial charge in [-0.2, -0.15) is 0 Å². The molecule has 8 heteroatoms. The molecule has 1 N–H and O–H groups in total. The normalized spacial score (nSPS) is 10.7. The molecule has 0 spiro atoms. The van der Waals surface area contributed by atoms with Gasteiger partial charge in [0.1, 0.15) is 12.1 Å². The maximum absolute atomic E-state index is 12.0. The third-order valence-electron chi connectivity index (χ3n) is 3.25. The molecule has 0 aliphatic heterocycles. The summed E-state index contributed by atoms with van der Waals surface area (Å²) in [5.41, 5.74) is 1.64. The number of rotatable bonds is 5. The Bertz CT molecular complexity index is 868. The fraction of sp³-hybridized carbons (Fsp3) is 0.200. The van der Waals surface area contributed by atoms with Crippen LogP contribution in [0.1, 0.15) is 12.1 Å². The van der Waals surface area contributed by atoms with Crippen LogP contribution < -0.4 is 10.2 Å². The average molecular weight is 346 g/mol. The van der Waals surface area contributed by atoms with Crippen molar-refractivity contribution < 1.29 is 4.79 Å². The fourth-order valence-electron chi connectivity index (χ4n) is 2.08. The molecule has 118 valence electrons. The number of thiophene rings is 1. The van der Waals surface area contributed by atoms with E-state index >= 15 is 0 Å². The molecule has 0 aliphatic carbocycles. The number of anilines is 1. The Morgan fingerprint density at radius 1 is 1.35 bits per heavy atom. The van der Waals surface area contributed by atoms with E-state index in [4.69, 9.17) is 0 Å². The lowest BCUT2D eigenvalue weighted by Gasteiger charge is -2.06. The van der Waals surface area contributed by atoms with E-state index in [1.807, 2.05) is 24.4 Å². The summed E-state index contributed by atoms with van der Waals surface area (Å²) >= 11 is 2.72. The zero-order valence-electron chi connectivity index (χ0n) is 12.4. The monoisotopic (exact) mass is 346 g/mol. The van der Waals surface area contributed by atoms with Gasteiger partial charge >= 0.3 is 4.87 Å². The van der Waals surface area contributed by atoms with E-state index in [1.165, 1.54) is 6.33 Å². The second kappa shape index (κ2) is 6.84. The Morgan fingerprint density at radius 3 is 2.91 bits per heavy atom. The van der Waals surface area contributed by atoms with E-state index in [1.54, 1.807) is 27.4 Å². The third kappa shape index (κ3) is 3.72. The van der Waals surface area contributed by atoms with Crippen LogP contribution in [0.25, 0.3) is 10.6 Å². The predicted molar refractivity (Wildman–Crippen MR) is 91.9 cm³/mol.